The molecule has 1 unspecified atom stereocenters. The number of aliphatic imine (C=N–C) groups is 1. The molecule has 2 N–H and O–H groups in total. The molecule has 11 heteroatoms. The van der Waals surface area contributed by atoms with Crippen LogP contribution in [0.25, 0.3) is 0 Å². The van der Waals surface area contributed by atoms with E-state index in [2.05, 4.69) is 35.4 Å². The number of piperidine rings is 1. The first kappa shape index (κ1) is 25.9. The number of anilines is 1. The fourth-order valence-corrected chi connectivity index (χ4v) is 4.04. The van der Waals surface area contributed by atoms with Crippen molar-refractivity contribution in [1.29, 1.82) is 0 Å². The Balaban J connectivity index is 0.00000341. The maximum atomic E-state index is 12.7. The summed E-state index contributed by atoms with van der Waals surface area (Å²) < 4.78 is 38.2. The second-order valence-corrected chi connectivity index (χ2v) is 7.89. The van der Waals surface area contributed by atoms with Crippen LogP contribution in [0.1, 0.15) is 38.3 Å². The summed E-state index contributed by atoms with van der Waals surface area (Å²) in [5.74, 6) is 1.49. The van der Waals surface area contributed by atoms with Crippen molar-refractivity contribution in [1.82, 2.24) is 25.1 Å². The summed E-state index contributed by atoms with van der Waals surface area (Å²) in [7, 11) is 0. The monoisotopic (exact) mass is 555 g/mol. The van der Waals surface area contributed by atoms with Crippen LogP contribution in [0.4, 0.5) is 19.1 Å². The molecule has 1 aromatic rings. The van der Waals surface area contributed by atoms with Crippen molar-refractivity contribution in [2.24, 2.45) is 10.9 Å². The van der Waals surface area contributed by atoms with Crippen molar-refractivity contribution in [3.63, 3.8) is 0 Å². The molecule has 0 amide bonds. The molecule has 0 aliphatic carbocycles. The van der Waals surface area contributed by atoms with Crippen molar-refractivity contribution in [3.8, 4) is 0 Å². The minimum Gasteiger partial charge on any atom is -0.357 e. The fraction of sp³-hybridized carbons (Fsp3) is 0.750. The number of hydrogen-bond donors (Lipinski definition) is 2. The van der Waals surface area contributed by atoms with E-state index < -0.39 is 11.9 Å². The molecule has 7 nitrogen and oxygen atoms in total. The second-order valence-electron chi connectivity index (χ2n) is 7.89. The predicted octanol–water partition coefficient (Wildman–Crippen LogP) is 3.30. The van der Waals surface area contributed by atoms with Gasteiger partial charge in [-0.25, -0.2) is 9.97 Å². The van der Waals surface area contributed by atoms with Crippen LogP contribution < -0.4 is 10.6 Å². The molecule has 2 aliphatic rings. The van der Waals surface area contributed by atoms with Gasteiger partial charge in [0.15, 0.2) is 5.96 Å². The molecule has 1 atom stereocenters. The first-order valence-corrected chi connectivity index (χ1v) is 10.9. The number of likely N-dealkylation sites (tertiary alicyclic amines) is 2. The van der Waals surface area contributed by atoms with Crippen LogP contribution in [0.15, 0.2) is 17.3 Å². The van der Waals surface area contributed by atoms with Crippen LogP contribution in [-0.4, -0.2) is 78.1 Å². The summed E-state index contributed by atoms with van der Waals surface area (Å²) >= 11 is 0. The van der Waals surface area contributed by atoms with Gasteiger partial charge in [0.05, 0.1) is 6.54 Å². The molecule has 2 saturated heterocycles. The molecule has 1 aromatic heterocycles. The fourth-order valence-electron chi connectivity index (χ4n) is 4.04. The Labute approximate surface area is 199 Å². The highest BCUT2D eigenvalue weighted by Gasteiger charge is 2.32. The SMILES string of the molecule is CCNC(=NCCNc1nccc(C(F)(F)F)n1)N1CCC(CN2CCCCC2)C1.I. The number of aromatic nitrogens is 2. The molecule has 2 aliphatic heterocycles. The predicted molar refractivity (Wildman–Crippen MR) is 127 cm³/mol. The first-order valence-electron chi connectivity index (χ1n) is 10.9. The van der Waals surface area contributed by atoms with Gasteiger partial charge in [0.2, 0.25) is 5.95 Å². The maximum Gasteiger partial charge on any atom is 0.433 e. The van der Waals surface area contributed by atoms with E-state index in [4.69, 9.17) is 0 Å². The molecule has 0 aromatic carbocycles. The van der Waals surface area contributed by atoms with Crippen molar-refractivity contribution < 1.29 is 13.2 Å². The van der Waals surface area contributed by atoms with Gasteiger partial charge in [-0.3, -0.25) is 4.99 Å². The normalized spacial score (nSPS) is 20.5. The molecule has 31 heavy (non-hydrogen) atoms. The Bertz CT molecular complexity index is 696. The quantitative estimate of drug-likeness (QED) is 0.233. The van der Waals surface area contributed by atoms with Gasteiger partial charge < -0.3 is 20.4 Å². The van der Waals surface area contributed by atoms with E-state index in [0.29, 0.717) is 19.0 Å². The number of guanidine groups is 1. The lowest BCUT2D eigenvalue weighted by molar-refractivity contribution is -0.141. The zero-order valence-electron chi connectivity index (χ0n) is 18.0. The highest BCUT2D eigenvalue weighted by Crippen LogP contribution is 2.27. The molecule has 2 fully saturated rings. The summed E-state index contributed by atoms with van der Waals surface area (Å²) in [6.45, 7) is 9.16. The van der Waals surface area contributed by atoms with Crippen LogP contribution in [0.5, 0.6) is 0 Å². The van der Waals surface area contributed by atoms with E-state index in [1.54, 1.807) is 0 Å². The molecule has 0 radical (unpaired) electrons. The Morgan fingerprint density at radius 1 is 1.23 bits per heavy atom. The number of halogens is 4. The van der Waals surface area contributed by atoms with Gasteiger partial charge in [-0.15, -0.1) is 24.0 Å². The van der Waals surface area contributed by atoms with Gasteiger partial charge in [-0.05, 0) is 51.3 Å². The lowest BCUT2D eigenvalue weighted by Gasteiger charge is -2.29. The van der Waals surface area contributed by atoms with Crippen LogP contribution in [0, 0.1) is 5.92 Å². The van der Waals surface area contributed by atoms with E-state index in [0.717, 1.165) is 50.8 Å². The highest BCUT2D eigenvalue weighted by molar-refractivity contribution is 14.0. The Hall–Kier alpha value is -1.37. The average Bonchev–Trinajstić information content (AvgIpc) is 3.19. The minimum absolute atomic E-state index is 0. The second kappa shape index (κ2) is 12.6. The third-order valence-electron chi connectivity index (χ3n) is 5.49. The standard InChI is InChI=1S/C20H32F3N7.HI/c1-2-24-19(30-13-7-16(15-30)14-29-11-4-3-5-12-29)27-10-9-26-18-25-8-6-17(28-18)20(21,22)23;/h6,8,16H,2-5,7,9-15H2,1H3,(H,24,27)(H,25,26,28);1H. The van der Waals surface area contributed by atoms with Gasteiger partial charge in [0.25, 0.3) is 0 Å². The molecular formula is C20H33F3IN7. The third-order valence-corrected chi connectivity index (χ3v) is 5.49. The van der Waals surface area contributed by atoms with Gasteiger partial charge in [0.1, 0.15) is 5.69 Å². The Morgan fingerprint density at radius 2 is 2.00 bits per heavy atom. The molecular weight excluding hydrogens is 522 g/mol. The topological polar surface area (TPSA) is 68.7 Å². The molecule has 3 rings (SSSR count). The molecule has 3 heterocycles. The van der Waals surface area contributed by atoms with Gasteiger partial charge in [-0.1, -0.05) is 6.42 Å². The van der Waals surface area contributed by atoms with Crippen molar-refractivity contribution >= 4 is 35.9 Å². The number of alkyl halides is 3. The van der Waals surface area contributed by atoms with Crippen LogP contribution in [0.3, 0.4) is 0 Å². The molecule has 176 valence electrons. The first-order chi connectivity index (χ1) is 14.5. The summed E-state index contributed by atoms with van der Waals surface area (Å²) in [5.41, 5.74) is -0.950. The number of nitrogens with zero attached hydrogens (tertiary/aromatic N) is 5. The molecule has 0 saturated carbocycles. The number of nitrogens with one attached hydrogen (secondary N) is 2. The Morgan fingerprint density at radius 3 is 2.71 bits per heavy atom. The molecule has 0 bridgehead atoms. The maximum absolute atomic E-state index is 12.7. The molecule has 0 spiro atoms. The van der Waals surface area contributed by atoms with Crippen LogP contribution >= 0.6 is 24.0 Å². The smallest absolute Gasteiger partial charge is 0.357 e. The third kappa shape index (κ3) is 8.24. The summed E-state index contributed by atoms with van der Waals surface area (Å²) in [4.78, 5) is 16.9. The largest absolute Gasteiger partial charge is 0.433 e. The summed E-state index contributed by atoms with van der Waals surface area (Å²) in [5, 5.41) is 6.16. The van der Waals surface area contributed by atoms with Gasteiger partial charge in [0, 0.05) is 38.9 Å². The average molecular weight is 555 g/mol. The summed E-state index contributed by atoms with van der Waals surface area (Å²) in [6, 6.07) is 0.861. The van der Waals surface area contributed by atoms with E-state index in [9.17, 15) is 13.2 Å². The number of rotatable bonds is 7. The van der Waals surface area contributed by atoms with E-state index in [-0.39, 0.29) is 29.9 Å². The van der Waals surface area contributed by atoms with E-state index in [1.165, 1.54) is 32.4 Å². The van der Waals surface area contributed by atoms with Gasteiger partial charge >= 0.3 is 6.18 Å². The van der Waals surface area contributed by atoms with Crippen molar-refractivity contribution in [3.05, 3.63) is 18.0 Å². The Kier molecular flexibility index (Phi) is 10.5. The van der Waals surface area contributed by atoms with Crippen molar-refractivity contribution in [2.45, 2.75) is 38.8 Å². The van der Waals surface area contributed by atoms with E-state index in [1.807, 2.05) is 6.92 Å². The van der Waals surface area contributed by atoms with Crippen LogP contribution in [0.2, 0.25) is 0 Å². The zero-order chi connectivity index (χ0) is 21.4. The lowest BCUT2D eigenvalue weighted by atomic mass is 10.1. The zero-order valence-corrected chi connectivity index (χ0v) is 20.3. The highest BCUT2D eigenvalue weighted by atomic mass is 127. The lowest BCUT2D eigenvalue weighted by Crippen LogP contribution is -2.41. The minimum atomic E-state index is -4.48. The summed E-state index contributed by atoms with van der Waals surface area (Å²) in [6.07, 6.45) is 1.77. The van der Waals surface area contributed by atoms with Gasteiger partial charge in [-0.2, -0.15) is 13.2 Å². The number of hydrogen-bond acceptors (Lipinski definition) is 5. The van der Waals surface area contributed by atoms with E-state index >= 15 is 0 Å². The van der Waals surface area contributed by atoms with Crippen LogP contribution in [-0.2, 0) is 6.18 Å². The van der Waals surface area contributed by atoms with Crippen molar-refractivity contribution in [2.75, 3.05) is 57.7 Å².